The molecule has 0 atom stereocenters. The maximum atomic E-state index is 13.3. The predicted octanol–water partition coefficient (Wildman–Crippen LogP) is 4.07. The van der Waals surface area contributed by atoms with Crippen molar-refractivity contribution in [2.75, 3.05) is 11.0 Å². The van der Waals surface area contributed by atoms with Crippen molar-refractivity contribution in [1.82, 2.24) is 25.1 Å². The number of halogens is 2. The van der Waals surface area contributed by atoms with Crippen LogP contribution in [0.2, 0.25) is 0 Å². The summed E-state index contributed by atoms with van der Waals surface area (Å²) in [6.07, 6.45) is 1.02. The first-order chi connectivity index (χ1) is 19.6. The van der Waals surface area contributed by atoms with Crippen LogP contribution in [-0.2, 0) is 23.1 Å². The van der Waals surface area contributed by atoms with Crippen LogP contribution in [0.4, 0.5) is 14.5 Å². The van der Waals surface area contributed by atoms with E-state index in [4.69, 9.17) is 0 Å². The third kappa shape index (κ3) is 6.47. The Balaban J connectivity index is 1.30. The number of aromatic amines is 1. The smallest absolute Gasteiger partial charge is 0.280 e. The van der Waals surface area contributed by atoms with Crippen molar-refractivity contribution in [3.8, 4) is 11.1 Å². The molecular weight excluding hydrogens is 554 g/mol. The third-order valence-electron chi connectivity index (χ3n) is 6.25. The number of rotatable bonds is 9. The lowest BCUT2D eigenvalue weighted by Gasteiger charge is -2.11. The average Bonchev–Trinajstić information content (AvgIpc) is 3.43. The van der Waals surface area contributed by atoms with Crippen LogP contribution in [0.3, 0.4) is 0 Å². The number of nitrogens with one attached hydrogen (secondary N) is 3. The van der Waals surface area contributed by atoms with E-state index >= 15 is 0 Å². The number of carbonyl (C=O) groups excluding carboxylic acids is 1. The molecule has 0 aliphatic rings. The summed E-state index contributed by atoms with van der Waals surface area (Å²) in [5.41, 5.74) is 2.61. The fraction of sp³-hybridized carbons (Fsp3) is 0.143. The summed E-state index contributed by atoms with van der Waals surface area (Å²) < 4.78 is 53.3. The Kier molecular flexibility index (Phi) is 7.62. The second-order valence-corrected chi connectivity index (χ2v) is 11.1. The van der Waals surface area contributed by atoms with Gasteiger partial charge in [0.2, 0.25) is 10.0 Å². The topological polar surface area (TPSA) is 139 Å². The Hall–Kier alpha value is -4.91. The van der Waals surface area contributed by atoms with Crippen LogP contribution in [0, 0.1) is 0 Å². The first-order valence-corrected chi connectivity index (χ1v) is 14.2. The number of H-pyrrole nitrogens is 1. The summed E-state index contributed by atoms with van der Waals surface area (Å²) >= 11 is 0. The highest BCUT2D eigenvalue weighted by Crippen LogP contribution is 2.30. The van der Waals surface area contributed by atoms with Gasteiger partial charge in [0.15, 0.2) is 0 Å². The third-order valence-corrected chi connectivity index (χ3v) is 6.86. The number of alkyl halides is 2. The number of benzene rings is 3. The molecule has 210 valence electrons. The highest BCUT2D eigenvalue weighted by atomic mass is 32.2. The first kappa shape index (κ1) is 27.6. The van der Waals surface area contributed by atoms with Gasteiger partial charge in [0.25, 0.3) is 17.9 Å². The van der Waals surface area contributed by atoms with Gasteiger partial charge in [-0.15, -0.1) is 0 Å². The lowest BCUT2D eigenvalue weighted by Crippen LogP contribution is -2.24. The molecule has 2 aromatic heterocycles. The van der Waals surface area contributed by atoms with E-state index in [-0.39, 0.29) is 35.8 Å². The Bertz CT molecular complexity index is 1920. The molecule has 0 fully saturated rings. The lowest BCUT2D eigenvalue weighted by atomic mass is 10.0. The maximum absolute atomic E-state index is 13.3. The van der Waals surface area contributed by atoms with Crippen LogP contribution >= 0.6 is 0 Å². The van der Waals surface area contributed by atoms with Gasteiger partial charge in [0.05, 0.1) is 36.2 Å². The molecule has 3 N–H and O–H groups in total. The van der Waals surface area contributed by atoms with E-state index in [0.717, 1.165) is 6.26 Å². The van der Waals surface area contributed by atoms with E-state index in [0.29, 0.717) is 38.8 Å². The zero-order valence-corrected chi connectivity index (χ0v) is 22.5. The molecule has 10 nitrogen and oxygen atoms in total. The van der Waals surface area contributed by atoms with E-state index in [9.17, 15) is 26.8 Å². The number of hydrogen-bond acceptors (Lipinski definition) is 6. The fourth-order valence-corrected chi connectivity index (χ4v) is 4.94. The highest BCUT2D eigenvalue weighted by molar-refractivity contribution is 7.92. The quantitative estimate of drug-likeness (QED) is 0.241. The average molecular weight is 579 g/mol. The van der Waals surface area contributed by atoms with Gasteiger partial charge < -0.3 is 5.32 Å². The molecule has 1 amide bonds. The molecule has 3 aromatic carbocycles. The van der Waals surface area contributed by atoms with Gasteiger partial charge in [-0.3, -0.25) is 24.0 Å². The molecule has 0 aliphatic carbocycles. The van der Waals surface area contributed by atoms with Crippen molar-refractivity contribution >= 4 is 32.5 Å². The molecule has 0 saturated carbocycles. The Labute approximate surface area is 233 Å². The van der Waals surface area contributed by atoms with E-state index in [1.54, 1.807) is 66.7 Å². The van der Waals surface area contributed by atoms with Gasteiger partial charge >= 0.3 is 0 Å². The summed E-state index contributed by atoms with van der Waals surface area (Å²) in [7, 11) is -3.42. The number of fused-ring (bicyclic) bond motifs is 1. The lowest BCUT2D eigenvalue weighted by molar-refractivity contribution is 0.0950. The van der Waals surface area contributed by atoms with Crippen LogP contribution < -0.4 is 15.6 Å². The summed E-state index contributed by atoms with van der Waals surface area (Å²) in [5, 5.41) is 9.13. The molecule has 0 spiro atoms. The van der Waals surface area contributed by atoms with Crippen molar-refractivity contribution in [3.63, 3.8) is 0 Å². The van der Waals surface area contributed by atoms with Gasteiger partial charge in [-0.05, 0) is 53.1 Å². The van der Waals surface area contributed by atoms with E-state index in [2.05, 4.69) is 25.2 Å². The number of sulfonamides is 1. The summed E-state index contributed by atoms with van der Waals surface area (Å²) in [4.78, 5) is 30.3. The first-order valence-electron chi connectivity index (χ1n) is 12.3. The van der Waals surface area contributed by atoms with E-state index in [1.165, 1.54) is 17.1 Å². The second-order valence-electron chi connectivity index (χ2n) is 9.37. The normalized spacial score (nSPS) is 11.6. The largest absolute Gasteiger partial charge is 0.348 e. The van der Waals surface area contributed by atoms with Crippen molar-refractivity contribution in [2.45, 2.75) is 19.5 Å². The maximum Gasteiger partial charge on any atom is 0.280 e. The Morgan fingerprint density at radius 3 is 2.61 bits per heavy atom. The SMILES string of the molecule is CS(=O)(=O)Nc1cccc(CNC(=O)c2cccc(Cn3cnc4cc(-c5cn[nH]c5C(F)F)ccc4c3=O)c2)c1. The molecule has 41 heavy (non-hydrogen) atoms. The molecule has 0 bridgehead atoms. The minimum absolute atomic E-state index is 0.154. The van der Waals surface area contributed by atoms with Gasteiger partial charge in [-0.2, -0.15) is 5.10 Å². The zero-order valence-electron chi connectivity index (χ0n) is 21.6. The Morgan fingerprint density at radius 1 is 1.05 bits per heavy atom. The Morgan fingerprint density at radius 2 is 1.83 bits per heavy atom. The molecule has 0 aliphatic heterocycles. The molecule has 5 rings (SSSR count). The van der Waals surface area contributed by atoms with Crippen molar-refractivity contribution in [2.24, 2.45) is 0 Å². The van der Waals surface area contributed by atoms with Gasteiger partial charge in [0, 0.05) is 23.4 Å². The molecule has 5 aromatic rings. The van der Waals surface area contributed by atoms with Crippen molar-refractivity contribution < 1.29 is 22.0 Å². The summed E-state index contributed by atoms with van der Waals surface area (Å²) in [5.74, 6) is -0.341. The van der Waals surface area contributed by atoms with E-state index < -0.39 is 16.4 Å². The van der Waals surface area contributed by atoms with Gasteiger partial charge in [-0.25, -0.2) is 22.2 Å². The van der Waals surface area contributed by atoms with Crippen molar-refractivity contribution in [1.29, 1.82) is 0 Å². The molecule has 13 heteroatoms. The zero-order chi connectivity index (χ0) is 29.1. The molecular formula is C28H24F2N6O4S. The molecule has 2 heterocycles. The number of anilines is 1. The summed E-state index contributed by atoms with van der Waals surface area (Å²) in [6.45, 7) is 0.330. The monoisotopic (exact) mass is 578 g/mol. The summed E-state index contributed by atoms with van der Waals surface area (Å²) in [6, 6.07) is 18.2. The van der Waals surface area contributed by atoms with Crippen LogP contribution in [0.5, 0.6) is 0 Å². The number of carbonyl (C=O) groups is 1. The predicted molar refractivity (Wildman–Crippen MR) is 150 cm³/mol. The minimum atomic E-state index is -3.42. The van der Waals surface area contributed by atoms with E-state index in [1.807, 2.05) is 0 Å². The van der Waals surface area contributed by atoms with Crippen LogP contribution in [0.15, 0.2) is 84.0 Å². The molecule has 0 unspecified atom stereocenters. The van der Waals surface area contributed by atoms with Gasteiger partial charge in [-0.1, -0.05) is 30.3 Å². The fourth-order valence-electron chi connectivity index (χ4n) is 4.38. The van der Waals surface area contributed by atoms with Crippen LogP contribution in [0.25, 0.3) is 22.0 Å². The molecule has 0 radical (unpaired) electrons. The number of aromatic nitrogens is 4. The van der Waals surface area contributed by atoms with Gasteiger partial charge in [0.1, 0.15) is 5.69 Å². The number of hydrogen-bond donors (Lipinski definition) is 3. The molecule has 0 saturated heterocycles. The second kappa shape index (κ2) is 11.3. The minimum Gasteiger partial charge on any atom is -0.348 e. The van der Waals surface area contributed by atoms with Crippen molar-refractivity contribution in [3.05, 3.63) is 112 Å². The van der Waals surface area contributed by atoms with Crippen LogP contribution in [-0.4, -0.2) is 40.3 Å². The standard InChI is InChI=1S/C28H24F2N6O4S/c1-41(39,40)35-21-7-3-4-17(11-21)13-31-27(37)20-6-2-5-18(10-20)15-36-16-32-24-12-19(8-9-22(24)28(36)38)23-14-33-34-25(23)26(29)30/h2-12,14,16,26,35H,13,15H2,1H3,(H,31,37)(H,33,34). The number of nitrogens with zero attached hydrogens (tertiary/aromatic N) is 3. The highest BCUT2D eigenvalue weighted by Gasteiger charge is 2.17. The van der Waals surface area contributed by atoms with Crippen LogP contribution in [0.1, 0.15) is 33.6 Å². The number of amides is 1.